The first-order valence-electron chi connectivity index (χ1n) is 4.38. The van der Waals surface area contributed by atoms with E-state index in [0.717, 1.165) is 18.6 Å². The molecule has 2 nitrogen and oxygen atoms in total. The fraction of sp³-hybridized carbons (Fsp3) is 1.00. The number of thioether (sulfide) groups is 1. The molecule has 0 saturated carbocycles. The normalized spacial score (nSPS) is 28.9. The summed E-state index contributed by atoms with van der Waals surface area (Å²) in [5.74, 6) is 1.85. The monoisotopic (exact) mass is 242 g/mol. The van der Waals surface area contributed by atoms with Crippen LogP contribution in [0.1, 0.15) is 12.8 Å². The van der Waals surface area contributed by atoms with Crippen molar-refractivity contribution in [1.29, 1.82) is 0 Å². The van der Waals surface area contributed by atoms with Gasteiger partial charge >= 0.3 is 0 Å². The molecule has 0 aromatic rings. The van der Waals surface area contributed by atoms with Crippen LogP contribution in [0.2, 0.25) is 0 Å². The molecule has 5 heteroatoms. The molecule has 0 N–H and O–H groups in total. The summed E-state index contributed by atoms with van der Waals surface area (Å²) in [5, 5.41) is 0.0460. The first-order valence-corrected chi connectivity index (χ1v) is 8.04. The van der Waals surface area contributed by atoms with Gasteiger partial charge in [0.1, 0.15) is 0 Å². The smallest absolute Gasteiger partial charge is 0.150 e. The van der Waals surface area contributed by atoms with Crippen LogP contribution >= 0.6 is 23.4 Å². The summed E-state index contributed by atoms with van der Waals surface area (Å²) < 4.78 is 22.3. The van der Waals surface area contributed by atoms with Crippen molar-refractivity contribution in [3.63, 3.8) is 0 Å². The second kappa shape index (κ2) is 4.89. The van der Waals surface area contributed by atoms with Crippen LogP contribution in [-0.4, -0.2) is 37.3 Å². The fourth-order valence-electron chi connectivity index (χ4n) is 1.58. The third kappa shape index (κ3) is 3.68. The molecule has 1 aliphatic heterocycles. The Morgan fingerprint density at radius 1 is 1.62 bits per heavy atom. The van der Waals surface area contributed by atoms with E-state index in [1.165, 1.54) is 0 Å². The molecule has 1 aliphatic rings. The minimum Gasteiger partial charge on any atom is -0.229 e. The van der Waals surface area contributed by atoms with Gasteiger partial charge in [0, 0.05) is 5.38 Å². The molecule has 0 aromatic heterocycles. The quantitative estimate of drug-likeness (QED) is 0.705. The second-order valence-corrected chi connectivity index (χ2v) is 7.24. The number of hydrogen-bond donors (Lipinski definition) is 0. The van der Waals surface area contributed by atoms with E-state index in [-0.39, 0.29) is 11.3 Å². The third-order valence-electron chi connectivity index (χ3n) is 2.38. The zero-order valence-electron chi connectivity index (χ0n) is 7.70. The molecule has 0 bridgehead atoms. The van der Waals surface area contributed by atoms with Gasteiger partial charge in [0.05, 0.1) is 11.5 Å². The lowest BCUT2D eigenvalue weighted by Gasteiger charge is -2.14. The van der Waals surface area contributed by atoms with E-state index >= 15 is 0 Å². The lowest BCUT2D eigenvalue weighted by atomic mass is 10.0. The Morgan fingerprint density at radius 2 is 2.31 bits per heavy atom. The van der Waals surface area contributed by atoms with Crippen LogP contribution in [0.4, 0.5) is 0 Å². The zero-order chi connectivity index (χ0) is 9.90. The van der Waals surface area contributed by atoms with E-state index in [0.29, 0.717) is 11.5 Å². The van der Waals surface area contributed by atoms with Gasteiger partial charge in [-0.05, 0) is 30.8 Å². The van der Waals surface area contributed by atoms with E-state index in [9.17, 15) is 8.42 Å². The van der Waals surface area contributed by atoms with Crippen LogP contribution in [0.25, 0.3) is 0 Å². The highest BCUT2D eigenvalue weighted by Crippen LogP contribution is 2.27. The molecule has 1 fully saturated rings. The molecule has 2 unspecified atom stereocenters. The van der Waals surface area contributed by atoms with Crippen LogP contribution in [0.15, 0.2) is 0 Å². The summed E-state index contributed by atoms with van der Waals surface area (Å²) >= 11 is 7.87. The number of rotatable bonds is 4. The average Bonchev–Trinajstić information content (AvgIpc) is 2.42. The molecular weight excluding hydrogens is 228 g/mol. The Bertz CT molecular complexity index is 251. The molecule has 1 saturated heterocycles. The number of halogens is 1. The van der Waals surface area contributed by atoms with Gasteiger partial charge in [0.15, 0.2) is 9.84 Å². The summed E-state index contributed by atoms with van der Waals surface area (Å²) in [6, 6.07) is 0. The highest BCUT2D eigenvalue weighted by Gasteiger charge is 2.32. The van der Waals surface area contributed by atoms with Crippen molar-refractivity contribution < 1.29 is 8.42 Å². The highest BCUT2D eigenvalue weighted by molar-refractivity contribution is 7.98. The molecule has 2 atom stereocenters. The summed E-state index contributed by atoms with van der Waals surface area (Å²) in [4.78, 5) is 0. The fourth-order valence-corrected chi connectivity index (χ4v) is 4.50. The Hall–Kier alpha value is 0.590. The van der Waals surface area contributed by atoms with Gasteiger partial charge in [-0.15, -0.1) is 11.6 Å². The molecule has 0 amide bonds. The molecule has 0 radical (unpaired) electrons. The van der Waals surface area contributed by atoms with Crippen LogP contribution < -0.4 is 0 Å². The molecule has 78 valence electrons. The Kier molecular flexibility index (Phi) is 4.39. The Balaban J connectivity index is 2.37. The number of hydrogen-bond acceptors (Lipinski definition) is 3. The van der Waals surface area contributed by atoms with Crippen LogP contribution in [0.5, 0.6) is 0 Å². The van der Waals surface area contributed by atoms with Gasteiger partial charge in [-0.2, -0.15) is 11.8 Å². The Labute approximate surface area is 89.3 Å². The van der Waals surface area contributed by atoms with E-state index < -0.39 is 9.84 Å². The van der Waals surface area contributed by atoms with Crippen LogP contribution in [0, 0.1) is 5.92 Å². The van der Waals surface area contributed by atoms with Gasteiger partial charge in [-0.1, -0.05) is 0 Å². The number of sulfone groups is 1. The van der Waals surface area contributed by atoms with E-state index in [1.807, 2.05) is 6.26 Å². The minimum absolute atomic E-state index is 0.0460. The average molecular weight is 243 g/mol. The second-order valence-electron chi connectivity index (χ2n) is 3.46. The molecule has 0 aromatic carbocycles. The molecule has 1 heterocycles. The predicted molar refractivity (Wildman–Crippen MR) is 59.4 cm³/mol. The molecular formula is C8H15ClO2S2. The van der Waals surface area contributed by atoms with E-state index in [1.54, 1.807) is 11.8 Å². The van der Waals surface area contributed by atoms with Gasteiger partial charge in [0.25, 0.3) is 0 Å². The first-order chi connectivity index (χ1) is 6.05. The molecule has 13 heavy (non-hydrogen) atoms. The van der Waals surface area contributed by atoms with Crippen molar-refractivity contribution >= 4 is 33.2 Å². The number of alkyl halides is 1. The van der Waals surface area contributed by atoms with Gasteiger partial charge in [0.2, 0.25) is 0 Å². The molecule has 0 aliphatic carbocycles. The van der Waals surface area contributed by atoms with E-state index in [4.69, 9.17) is 11.6 Å². The predicted octanol–water partition coefficient (Wildman–Crippen LogP) is 1.78. The maximum Gasteiger partial charge on any atom is 0.150 e. The molecule has 0 spiro atoms. The maximum atomic E-state index is 11.2. The lowest BCUT2D eigenvalue weighted by Crippen LogP contribution is -2.17. The highest BCUT2D eigenvalue weighted by atomic mass is 35.5. The minimum atomic E-state index is -2.76. The van der Waals surface area contributed by atoms with Crippen molar-refractivity contribution in [2.45, 2.75) is 18.2 Å². The van der Waals surface area contributed by atoms with E-state index in [2.05, 4.69) is 0 Å². The topological polar surface area (TPSA) is 34.1 Å². The largest absolute Gasteiger partial charge is 0.229 e. The maximum absolute atomic E-state index is 11.2. The Morgan fingerprint density at radius 3 is 2.77 bits per heavy atom. The van der Waals surface area contributed by atoms with Crippen molar-refractivity contribution in [2.75, 3.05) is 23.5 Å². The van der Waals surface area contributed by atoms with Gasteiger partial charge < -0.3 is 0 Å². The van der Waals surface area contributed by atoms with Crippen molar-refractivity contribution in [3.8, 4) is 0 Å². The van der Waals surface area contributed by atoms with Crippen molar-refractivity contribution in [2.24, 2.45) is 5.92 Å². The SMILES string of the molecule is CSCCC(Cl)C1CCS(=O)(=O)C1. The van der Waals surface area contributed by atoms with Crippen molar-refractivity contribution in [3.05, 3.63) is 0 Å². The summed E-state index contributed by atoms with van der Waals surface area (Å²) in [6.07, 6.45) is 3.71. The van der Waals surface area contributed by atoms with Gasteiger partial charge in [-0.3, -0.25) is 0 Å². The summed E-state index contributed by atoms with van der Waals surface area (Å²) in [5.41, 5.74) is 0. The van der Waals surface area contributed by atoms with Gasteiger partial charge in [-0.25, -0.2) is 8.42 Å². The van der Waals surface area contributed by atoms with Crippen LogP contribution in [-0.2, 0) is 9.84 Å². The summed E-state index contributed by atoms with van der Waals surface area (Å²) in [6.45, 7) is 0. The van der Waals surface area contributed by atoms with Crippen molar-refractivity contribution in [1.82, 2.24) is 0 Å². The summed E-state index contributed by atoms with van der Waals surface area (Å²) in [7, 11) is -2.76. The molecule has 1 rings (SSSR count). The third-order valence-corrected chi connectivity index (χ3v) is 5.39. The van der Waals surface area contributed by atoms with Crippen LogP contribution in [0.3, 0.4) is 0 Å². The standard InChI is InChI=1S/C8H15ClO2S2/c1-12-4-2-8(9)7-3-5-13(10,11)6-7/h7-8H,2-6H2,1H3. The zero-order valence-corrected chi connectivity index (χ0v) is 10.1. The first kappa shape index (κ1) is 11.7. The lowest BCUT2D eigenvalue weighted by molar-refractivity contribution is 0.545.